The first-order valence-electron chi connectivity index (χ1n) is 6.36. The van der Waals surface area contributed by atoms with Gasteiger partial charge in [0.1, 0.15) is 5.69 Å². The number of rotatable bonds is 2. The lowest BCUT2D eigenvalue weighted by Crippen LogP contribution is -2.39. The number of pyridine rings is 1. The number of aldehydes is 1. The molecular formula is C15H12N2O3. The molecule has 1 aromatic carbocycles. The molecule has 1 saturated heterocycles. The summed E-state index contributed by atoms with van der Waals surface area (Å²) < 4.78 is 0. The molecule has 2 heterocycles. The Morgan fingerprint density at radius 1 is 1.25 bits per heavy atom. The van der Waals surface area contributed by atoms with Crippen LogP contribution in [0.15, 0.2) is 30.5 Å². The van der Waals surface area contributed by atoms with Crippen LogP contribution >= 0.6 is 0 Å². The minimum absolute atomic E-state index is 0.234. The number of amides is 2. The number of nitrogens with one attached hydrogen (secondary N) is 1. The molecule has 5 heteroatoms. The van der Waals surface area contributed by atoms with E-state index in [4.69, 9.17) is 0 Å². The van der Waals surface area contributed by atoms with Crippen LogP contribution in [0.2, 0.25) is 0 Å². The molecule has 1 aliphatic rings. The molecule has 1 aliphatic heterocycles. The Labute approximate surface area is 115 Å². The molecule has 1 aromatic heterocycles. The molecular weight excluding hydrogens is 256 g/mol. The van der Waals surface area contributed by atoms with Crippen LogP contribution in [-0.2, 0) is 9.59 Å². The third-order valence-corrected chi connectivity index (χ3v) is 3.57. The van der Waals surface area contributed by atoms with Gasteiger partial charge in [-0.2, -0.15) is 0 Å². The van der Waals surface area contributed by atoms with Gasteiger partial charge in [-0.05, 0) is 29.5 Å². The molecule has 1 unspecified atom stereocenters. The largest absolute Gasteiger partial charge is 0.296 e. The molecule has 5 nitrogen and oxygen atoms in total. The lowest BCUT2D eigenvalue weighted by molar-refractivity contribution is -0.134. The normalized spacial score (nSPS) is 18.9. The van der Waals surface area contributed by atoms with E-state index in [0.717, 1.165) is 16.3 Å². The third-order valence-electron chi connectivity index (χ3n) is 3.57. The number of nitrogens with zero attached hydrogens (tertiary/aromatic N) is 1. The fourth-order valence-corrected chi connectivity index (χ4v) is 2.53. The van der Waals surface area contributed by atoms with Crippen LogP contribution in [0.4, 0.5) is 0 Å². The summed E-state index contributed by atoms with van der Waals surface area (Å²) in [5.74, 6) is -0.865. The van der Waals surface area contributed by atoms with Crippen molar-refractivity contribution in [2.75, 3.05) is 0 Å². The van der Waals surface area contributed by atoms with Gasteiger partial charge in [0.2, 0.25) is 11.8 Å². The summed E-state index contributed by atoms with van der Waals surface area (Å²) in [4.78, 5) is 38.1. The summed E-state index contributed by atoms with van der Waals surface area (Å²) in [6, 6.07) is 7.35. The van der Waals surface area contributed by atoms with Crippen LogP contribution < -0.4 is 5.32 Å². The smallest absolute Gasteiger partial charge is 0.234 e. The van der Waals surface area contributed by atoms with E-state index in [9.17, 15) is 14.4 Å². The van der Waals surface area contributed by atoms with Crippen LogP contribution in [0, 0.1) is 0 Å². The van der Waals surface area contributed by atoms with E-state index in [-0.39, 0.29) is 17.7 Å². The lowest BCUT2D eigenvalue weighted by atomic mass is 9.89. The zero-order chi connectivity index (χ0) is 14.1. The number of carbonyl (C=O) groups excluding carboxylic acids is 3. The van der Waals surface area contributed by atoms with Crippen LogP contribution in [-0.4, -0.2) is 23.1 Å². The second-order valence-corrected chi connectivity index (χ2v) is 4.80. The molecule has 2 amide bonds. The Morgan fingerprint density at radius 2 is 2.10 bits per heavy atom. The zero-order valence-electron chi connectivity index (χ0n) is 10.6. The fraction of sp³-hybridized carbons (Fsp3) is 0.200. The van der Waals surface area contributed by atoms with Crippen molar-refractivity contribution >= 4 is 28.9 Å². The third kappa shape index (κ3) is 2.07. The summed E-state index contributed by atoms with van der Waals surface area (Å²) in [5, 5.41) is 3.97. The van der Waals surface area contributed by atoms with E-state index in [1.807, 2.05) is 24.3 Å². The molecule has 3 rings (SSSR count). The van der Waals surface area contributed by atoms with Crippen LogP contribution in [0.1, 0.15) is 34.8 Å². The quantitative estimate of drug-likeness (QED) is 0.662. The molecule has 100 valence electrons. The first-order chi connectivity index (χ1) is 9.69. The van der Waals surface area contributed by atoms with Crippen molar-refractivity contribution in [1.82, 2.24) is 10.3 Å². The van der Waals surface area contributed by atoms with Gasteiger partial charge in [0.25, 0.3) is 0 Å². The number of piperidine rings is 1. The summed E-state index contributed by atoms with van der Waals surface area (Å²) in [7, 11) is 0. The molecule has 20 heavy (non-hydrogen) atoms. The molecule has 0 radical (unpaired) electrons. The monoisotopic (exact) mass is 268 g/mol. The van der Waals surface area contributed by atoms with Gasteiger partial charge < -0.3 is 0 Å². The predicted octanol–water partition coefficient (Wildman–Crippen LogP) is 1.57. The van der Waals surface area contributed by atoms with E-state index < -0.39 is 0 Å². The van der Waals surface area contributed by atoms with Gasteiger partial charge in [0, 0.05) is 18.0 Å². The van der Waals surface area contributed by atoms with Gasteiger partial charge in [-0.1, -0.05) is 12.1 Å². The fourth-order valence-electron chi connectivity index (χ4n) is 2.53. The number of aromatic nitrogens is 1. The molecule has 0 aliphatic carbocycles. The van der Waals surface area contributed by atoms with E-state index in [1.165, 1.54) is 0 Å². The maximum Gasteiger partial charge on any atom is 0.234 e. The highest BCUT2D eigenvalue weighted by Crippen LogP contribution is 2.28. The SMILES string of the molecule is O=Cc1nccc2ccc(C3CCC(=O)NC3=O)cc12. The number of fused-ring (bicyclic) bond motifs is 1. The minimum atomic E-state index is -0.350. The number of hydrogen-bond acceptors (Lipinski definition) is 4. The molecule has 1 N–H and O–H groups in total. The lowest BCUT2D eigenvalue weighted by Gasteiger charge is -2.21. The van der Waals surface area contributed by atoms with E-state index >= 15 is 0 Å². The average Bonchev–Trinajstić information content (AvgIpc) is 2.46. The van der Waals surface area contributed by atoms with Gasteiger partial charge in [0.15, 0.2) is 6.29 Å². The first-order valence-corrected chi connectivity index (χ1v) is 6.36. The number of benzene rings is 1. The highest BCUT2D eigenvalue weighted by molar-refractivity contribution is 6.02. The van der Waals surface area contributed by atoms with Crippen molar-refractivity contribution in [3.63, 3.8) is 0 Å². The van der Waals surface area contributed by atoms with Gasteiger partial charge in [0.05, 0.1) is 5.92 Å². The van der Waals surface area contributed by atoms with E-state index in [1.54, 1.807) is 6.20 Å². The van der Waals surface area contributed by atoms with Crippen molar-refractivity contribution < 1.29 is 14.4 Å². The summed E-state index contributed by atoms with van der Waals surface area (Å²) in [6.45, 7) is 0. The second kappa shape index (κ2) is 4.85. The van der Waals surface area contributed by atoms with Crippen LogP contribution in [0.3, 0.4) is 0 Å². The van der Waals surface area contributed by atoms with Crippen LogP contribution in [0.5, 0.6) is 0 Å². The van der Waals surface area contributed by atoms with E-state index in [0.29, 0.717) is 24.8 Å². The maximum atomic E-state index is 11.9. The molecule has 0 spiro atoms. The van der Waals surface area contributed by atoms with Gasteiger partial charge in [-0.25, -0.2) is 0 Å². The highest BCUT2D eigenvalue weighted by atomic mass is 16.2. The molecule has 1 atom stereocenters. The summed E-state index contributed by atoms with van der Waals surface area (Å²) in [6.07, 6.45) is 3.11. The van der Waals surface area contributed by atoms with Gasteiger partial charge >= 0.3 is 0 Å². The molecule has 0 saturated carbocycles. The second-order valence-electron chi connectivity index (χ2n) is 4.80. The van der Waals surface area contributed by atoms with Crippen molar-refractivity contribution in [3.05, 3.63) is 41.7 Å². The minimum Gasteiger partial charge on any atom is -0.296 e. The van der Waals surface area contributed by atoms with Gasteiger partial charge in [-0.3, -0.25) is 24.7 Å². The Morgan fingerprint density at radius 3 is 2.85 bits per heavy atom. The van der Waals surface area contributed by atoms with Gasteiger partial charge in [-0.15, -0.1) is 0 Å². The van der Waals surface area contributed by atoms with Crippen molar-refractivity contribution in [2.45, 2.75) is 18.8 Å². The topological polar surface area (TPSA) is 76.1 Å². The average molecular weight is 268 g/mol. The maximum absolute atomic E-state index is 11.9. The number of imide groups is 1. The Kier molecular flexibility index (Phi) is 3.02. The first kappa shape index (κ1) is 12.5. The van der Waals surface area contributed by atoms with Crippen molar-refractivity contribution in [2.24, 2.45) is 0 Å². The molecule has 0 bridgehead atoms. The van der Waals surface area contributed by atoms with Crippen molar-refractivity contribution in [3.8, 4) is 0 Å². The Bertz CT molecular complexity index is 724. The Balaban J connectivity index is 2.06. The highest BCUT2D eigenvalue weighted by Gasteiger charge is 2.28. The molecule has 2 aromatic rings. The van der Waals surface area contributed by atoms with Crippen molar-refractivity contribution in [1.29, 1.82) is 0 Å². The Hall–Kier alpha value is -2.56. The number of carbonyl (C=O) groups is 3. The summed E-state index contributed by atoms with van der Waals surface area (Å²) >= 11 is 0. The zero-order valence-corrected chi connectivity index (χ0v) is 10.6. The standard InChI is InChI=1S/C15H12N2O3/c18-8-13-12-7-10(2-1-9(12)5-6-16-13)11-3-4-14(19)17-15(11)20/h1-2,5-8,11H,3-4H2,(H,17,19,20). The summed E-state index contributed by atoms with van der Waals surface area (Å²) in [5.41, 5.74) is 1.16. The van der Waals surface area contributed by atoms with E-state index in [2.05, 4.69) is 10.3 Å². The number of hydrogen-bond donors (Lipinski definition) is 1. The predicted molar refractivity (Wildman–Crippen MR) is 72.3 cm³/mol. The molecule has 1 fully saturated rings. The van der Waals surface area contributed by atoms with Crippen LogP contribution in [0.25, 0.3) is 10.8 Å².